The summed E-state index contributed by atoms with van der Waals surface area (Å²) in [6.07, 6.45) is 3.05. The molecule has 130 valence electrons. The van der Waals surface area contributed by atoms with Crippen LogP contribution in [0.3, 0.4) is 0 Å². The van der Waals surface area contributed by atoms with Crippen molar-refractivity contribution in [1.29, 1.82) is 0 Å². The Kier molecular flexibility index (Phi) is 4.04. The molecule has 2 aliphatic rings. The van der Waals surface area contributed by atoms with Gasteiger partial charge in [-0.3, -0.25) is 0 Å². The van der Waals surface area contributed by atoms with Crippen molar-refractivity contribution >= 4 is 45.9 Å². The van der Waals surface area contributed by atoms with Crippen LogP contribution in [0, 0.1) is 0 Å². The highest BCUT2D eigenvalue weighted by Crippen LogP contribution is 2.51. The van der Waals surface area contributed by atoms with Crippen molar-refractivity contribution in [3.63, 3.8) is 0 Å². The third-order valence-electron chi connectivity index (χ3n) is 5.18. The van der Waals surface area contributed by atoms with Crippen molar-refractivity contribution in [2.24, 2.45) is 0 Å². The van der Waals surface area contributed by atoms with Crippen LogP contribution in [0.1, 0.15) is 41.4 Å². The van der Waals surface area contributed by atoms with Gasteiger partial charge in [0.1, 0.15) is 5.66 Å². The molecule has 0 radical (unpaired) electrons. The Labute approximate surface area is 157 Å². The highest BCUT2D eigenvalue weighted by atomic mass is 32.1. The second kappa shape index (κ2) is 6.11. The van der Waals surface area contributed by atoms with E-state index in [0.717, 1.165) is 42.2 Å². The standard InChI is InChI=1S/C19H20N2O2S2/c1-19-9-3-6-17(24)21(19)16-11-13(18(22)23-2)7-8-15(16)20(19)12-14-5-4-10-25-14/h4-5,7-8,10-11H,3,6,9,12H2,1-2H3. The Morgan fingerprint density at radius 1 is 1.36 bits per heavy atom. The smallest absolute Gasteiger partial charge is 0.337 e. The number of thiocarbonyl (C=S) groups is 1. The maximum atomic E-state index is 12.0. The van der Waals surface area contributed by atoms with Crippen LogP contribution in [0.5, 0.6) is 0 Å². The molecule has 3 heterocycles. The zero-order chi connectivity index (χ0) is 17.6. The zero-order valence-corrected chi connectivity index (χ0v) is 16.0. The first-order valence-corrected chi connectivity index (χ1v) is 9.69. The predicted octanol–water partition coefficient (Wildman–Crippen LogP) is 4.59. The SMILES string of the molecule is COC(=O)c1ccc2c(c1)N1C(=S)CCCC1(C)N2Cc1cccs1. The van der Waals surface area contributed by atoms with Crippen molar-refractivity contribution in [3.8, 4) is 0 Å². The summed E-state index contributed by atoms with van der Waals surface area (Å²) in [6, 6.07) is 10.0. The van der Waals surface area contributed by atoms with Gasteiger partial charge in [-0.15, -0.1) is 11.3 Å². The van der Waals surface area contributed by atoms with Crippen molar-refractivity contribution in [2.75, 3.05) is 16.9 Å². The first-order valence-electron chi connectivity index (χ1n) is 8.40. The molecule has 0 bridgehead atoms. The van der Waals surface area contributed by atoms with Crippen LogP contribution < -0.4 is 9.80 Å². The van der Waals surface area contributed by atoms with E-state index in [1.165, 1.54) is 12.0 Å². The number of rotatable bonds is 3. The Balaban J connectivity index is 1.83. The summed E-state index contributed by atoms with van der Waals surface area (Å²) in [4.78, 5) is 18.9. The van der Waals surface area contributed by atoms with E-state index >= 15 is 0 Å². The normalized spacial score (nSPS) is 21.9. The van der Waals surface area contributed by atoms with E-state index in [-0.39, 0.29) is 11.6 Å². The molecule has 4 rings (SSSR count). The molecular weight excluding hydrogens is 352 g/mol. The lowest BCUT2D eigenvalue weighted by molar-refractivity contribution is 0.0601. The van der Waals surface area contributed by atoms with E-state index in [4.69, 9.17) is 17.0 Å². The van der Waals surface area contributed by atoms with Crippen LogP contribution in [0.2, 0.25) is 0 Å². The van der Waals surface area contributed by atoms with E-state index in [1.54, 1.807) is 11.3 Å². The number of hydrogen-bond acceptors (Lipinski definition) is 5. The lowest BCUT2D eigenvalue weighted by Crippen LogP contribution is -2.58. The van der Waals surface area contributed by atoms with Gasteiger partial charge in [-0.2, -0.15) is 0 Å². The average Bonchev–Trinajstić information content (AvgIpc) is 3.20. The summed E-state index contributed by atoms with van der Waals surface area (Å²) in [6.45, 7) is 3.10. The number of thiophene rings is 1. The minimum atomic E-state index is -0.316. The molecule has 0 saturated carbocycles. The van der Waals surface area contributed by atoms with Crippen LogP contribution in [0.15, 0.2) is 35.7 Å². The number of anilines is 2. The number of nitrogens with zero attached hydrogens (tertiary/aromatic N) is 2. The van der Waals surface area contributed by atoms with Gasteiger partial charge in [-0.25, -0.2) is 4.79 Å². The number of esters is 1. The van der Waals surface area contributed by atoms with E-state index in [1.807, 2.05) is 18.2 Å². The summed E-state index contributed by atoms with van der Waals surface area (Å²) in [5.74, 6) is -0.316. The van der Waals surface area contributed by atoms with Gasteiger partial charge in [0.2, 0.25) is 0 Å². The van der Waals surface area contributed by atoms with Gasteiger partial charge in [0.05, 0.1) is 35.6 Å². The summed E-state index contributed by atoms with van der Waals surface area (Å²) >= 11 is 7.48. The summed E-state index contributed by atoms with van der Waals surface area (Å²) in [5, 5.41) is 2.11. The molecule has 1 saturated heterocycles. The van der Waals surface area contributed by atoms with E-state index in [2.05, 4.69) is 34.2 Å². The van der Waals surface area contributed by atoms with Crippen LogP contribution in [0.25, 0.3) is 0 Å². The maximum absolute atomic E-state index is 12.0. The molecule has 1 fully saturated rings. The lowest BCUT2D eigenvalue weighted by atomic mass is 9.96. The fraction of sp³-hybridized carbons (Fsp3) is 0.368. The molecule has 4 nitrogen and oxygen atoms in total. The van der Waals surface area contributed by atoms with Crippen LogP contribution in [0.4, 0.5) is 11.4 Å². The number of methoxy groups -OCH3 is 1. The number of ether oxygens (including phenoxy) is 1. The molecule has 2 aromatic rings. The summed E-state index contributed by atoms with van der Waals surface area (Å²) in [5.41, 5.74) is 2.53. The minimum absolute atomic E-state index is 0.184. The van der Waals surface area contributed by atoms with Gasteiger partial charge < -0.3 is 14.5 Å². The average molecular weight is 373 g/mol. The van der Waals surface area contributed by atoms with Crippen molar-refractivity contribution < 1.29 is 9.53 Å². The number of benzene rings is 1. The predicted molar refractivity (Wildman–Crippen MR) is 106 cm³/mol. The Morgan fingerprint density at radius 2 is 2.20 bits per heavy atom. The molecule has 1 atom stereocenters. The number of hydrogen-bond donors (Lipinski definition) is 0. The highest BCUT2D eigenvalue weighted by molar-refractivity contribution is 7.80. The number of fused-ring (bicyclic) bond motifs is 3. The highest BCUT2D eigenvalue weighted by Gasteiger charge is 2.49. The van der Waals surface area contributed by atoms with Gasteiger partial charge >= 0.3 is 5.97 Å². The largest absolute Gasteiger partial charge is 0.465 e. The minimum Gasteiger partial charge on any atom is -0.465 e. The van der Waals surface area contributed by atoms with Crippen LogP contribution in [-0.2, 0) is 11.3 Å². The first-order chi connectivity index (χ1) is 12.0. The van der Waals surface area contributed by atoms with Gasteiger partial charge in [-0.05, 0) is 55.8 Å². The Morgan fingerprint density at radius 3 is 2.92 bits per heavy atom. The van der Waals surface area contributed by atoms with Gasteiger partial charge in [-0.1, -0.05) is 18.3 Å². The number of carbonyl (C=O) groups is 1. The van der Waals surface area contributed by atoms with Gasteiger partial charge in [0.15, 0.2) is 0 Å². The zero-order valence-electron chi connectivity index (χ0n) is 14.3. The molecule has 0 spiro atoms. The van der Waals surface area contributed by atoms with Crippen molar-refractivity contribution in [1.82, 2.24) is 0 Å². The number of piperidine rings is 1. The number of carbonyl (C=O) groups excluding carboxylic acids is 1. The third-order valence-corrected chi connectivity index (χ3v) is 6.42. The molecule has 2 aliphatic heterocycles. The fourth-order valence-electron chi connectivity index (χ4n) is 3.97. The summed E-state index contributed by atoms with van der Waals surface area (Å²) < 4.78 is 4.89. The second-order valence-electron chi connectivity index (χ2n) is 6.66. The Hall–Kier alpha value is -1.92. The Bertz CT molecular complexity index is 834. The van der Waals surface area contributed by atoms with Gasteiger partial charge in [0.25, 0.3) is 0 Å². The molecule has 1 aromatic heterocycles. The van der Waals surface area contributed by atoms with Crippen molar-refractivity contribution in [2.45, 2.75) is 38.4 Å². The van der Waals surface area contributed by atoms with Crippen LogP contribution in [-0.4, -0.2) is 23.7 Å². The molecule has 0 amide bonds. The summed E-state index contributed by atoms with van der Waals surface area (Å²) in [7, 11) is 1.41. The van der Waals surface area contributed by atoms with E-state index < -0.39 is 0 Å². The topological polar surface area (TPSA) is 32.8 Å². The third kappa shape index (κ3) is 2.55. The maximum Gasteiger partial charge on any atom is 0.337 e. The van der Waals surface area contributed by atoms with E-state index in [0.29, 0.717) is 5.56 Å². The molecule has 25 heavy (non-hydrogen) atoms. The molecule has 0 aliphatic carbocycles. The van der Waals surface area contributed by atoms with Crippen molar-refractivity contribution in [3.05, 3.63) is 46.2 Å². The molecule has 1 aromatic carbocycles. The second-order valence-corrected chi connectivity index (χ2v) is 8.16. The quantitative estimate of drug-likeness (QED) is 0.581. The molecule has 6 heteroatoms. The molecule has 0 N–H and O–H groups in total. The molecule has 1 unspecified atom stereocenters. The lowest BCUT2D eigenvalue weighted by Gasteiger charge is -2.46. The van der Waals surface area contributed by atoms with E-state index in [9.17, 15) is 4.79 Å². The van der Waals surface area contributed by atoms with Crippen LogP contribution >= 0.6 is 23.6 Å². The van der Waals surface area contributed by atoms with Gasteiger partial charge in [0, 0.05) is 4.88 Å². The molecular formula is C19H20N2O2S2. The first kappa shape index (κ1) is 16.5. The fourth-order valence-corrected chi connectivity index (χ4v) is 5.10. The monoisotopic (exact) mass is 372 g/mol.